The highest BCUT2D eigenvalue weighted by molar-refractivity contribution is 5.93. The van der Waals surface area contributed by atoms with Gasteiger partial charge in [0.2, 0.25) is 0 Å². The van der Waals surface area contributed by atoms with E-state index < -0.39 is 5.41 Å². The Labute approximate surface area is 306 Å². The number of H-pyrrole nitrogens is 2. The molecule has 6 aliphatic rings. The molecule has 2 aromatic heterocycles. The summed E-state index contributed by atoms with van der Waals surface area (Å²) < 4.78 is 17.6. The molecule has 0 spiro atoms. The Morgan fingerprint density at radius 3 is 2.60 bits per heavy atom. The van der Waals surface area contributed by atoms with Crippen molar-refractivity contribution >= 4 is 33.7 Å². The van der Waals surface area contributed by atoms with Gasteiger partial charge in [-0.05, 0) is 93.2 Å². The highest BCUT2D eigenvalue weighted by Gasteiger charge is 2.62. The molecule has 2 N–H and O–H groups in total. The molecule has 8 unspecified atom stereocenters. The second-order valence-electron chi connectivity index (χ2n) is 16.3. The van der Waals surface area contributed by atoms with E-state index in [9.17, 15) is 9.59 Å². The Kier molecular flexibility index (Phi) is 8.12. The minimum atomic E-state index is -0.725. The zero-order valence-corrected chi connectivity index (χ0v) is 31.4. The van der Waals surface area contributed by atoms with Crippen LogP contribution in [0.25, 0.3) is 21.8 Å². The van der Waals surface area contributed by atoms with Crippen LogP contribution in [0.15, 0.2) is 48.0 Å². The molecule has 2 aromatic carbocycles. The molecule has 3 saturated heterocycles. The summed E-state index contributed by atoms with van der Waals surface area (Å²) in [6, 6.07) is 13.2. The van der Waals surface area contributed by atoms with E-state index in [-0.39, 0.29) is 41.8 Å². The quantitative estimate of drug-likeness (QED) is 0.181. The van der Waals surface area contributed by atoms with Crippen molar-refractivity contribution in [1.29, 1.82) is 0 Å². The minimum absolute atomic E-state index is 0.00122. The number of esters is 2. The number of likely N-dealkylation sites (tertiary alicyclic amines) is 1. The first-order valence-corrected chi connectivity index (χ1v) is 19.3. The zero-order valence-electron chi connectivity index (χ0n) is 31.4. The number of benzene rings is 2. The minimum Gasteiger partial charge on any atom is -0.496 e. The van der Waals surface area contributed by atoms with E-state index in [4.69, 9.17) is 14.2 Å². The van der Waals surface area contributed by atoms with Crippen molar-refractivity contribution in [2.45, 2.75) is 75.8 Å². The van der Waals surface area contributed by atoms with Gasteiger partial charge in [0, 0.05) is 76.4 Å². The lowest BCUT2D eigenvalue weighted by atomic mass is 9.56. The number of likely N-dealkylation sites (N-methyl/N-ethyl adjacent to an activating group) is 1. The summed E-state index contributed by atoms with van der Waals surface area (Å²) in [6.45, 7) is 7.17. The van der Waals surface area contributed by atoms with Crippen LogP contribution in [0.3, 0.4) is 0 Å². The molecule has 9 atom stereocenters. The number of methoxy groups -OCH3 is 3. The maximum atomic E-state index is 14.2. The molecular formula is C43H52N4O5. The lowest BCUT2D eigenvalue weighted by molar-refractivity contribution is -0.162. The number of nitrogens with zero attached hydrogens (tertiary/aromatic N) is 2. The third-order valence-electron chi connectivity index (χ3n) is 14.1. The molecule has 2 aliphatic carbocycles. The molecule has 6 heterocycles. The van der Waals surface area contributed by atoms with Gasteiger partial charge in [0.1, 0.15) is 11.2 Å². The maximum absolute atomic E-state index is 14.2. The van der Waals surface area contributed by atoms with Gasteiger partial charge in [-0.2, -0.15) is 0 Å². The fraction of sp³-hybridized carbons (Fsp3) is 0.535. The number of rotatable bonds is 5. The number of carbonyl (C=O) groups excluding carboxylic acids is 2. The number of hydrogen-bond acceptors (Lipinski definition) is 7. The number of aromatic nitrogens is 2. The first-order valence-electron chi connectivity index (χ1n) is 19.3. The van der Waals surface area contributed by atoms with Crippen molar-refractivity contribution in [2.24, 2.45) is 23.7 Å². The van der Waals surface area contributed by atoms with Crippen LogP contribution in [0.4, 0.5) is 0 Å². The van der Waals surface area contributed by atoms with Crippen LogP contribution < -0.4 is 4.74 Å². The average molecular weight is 705 g/mol. The van der Waals surface area contributed by atoms with Crippen LogP contribution in [0.2, 0.25) is 0 Å². The number of ether oxygens (including phenoxy) is 3. The smallest absolute Gasteiger partial charge is 0.319 e. The lowest BCUT2D eigenvalue weighted by Crippen LogP contribution is -2.67. The van der Waals surface area contributed by atoms with Gasteiger partial charge in [0.15, 0.2) is 0 Å². The van der Waals surface area contributed by atoms with E-state index >= 15 is 0 Å². The van der Waals surface area contributed by atoms with E-state index in [2.05, 4.69) is 83.1 Å². The van der Waals surface area contributed by atoms with Crippen LogP contribution in [0.5, 0.6) is 5.75 Å². The topological polar surface area (TPSA) is 99.9 Å². The molecule has 9 heteroatoms. The highest BCUT2D eigenvalue weighted by atomic mass is 16.5. The number of piperidine rings is 3. The summed E-state index contributed by atoms with van der Waals surface area (Å²) in [6.07, 6.45) is 7.59. The SMILES string of the molecule is C/C=C1\CN(C)C2Cc3c([nH]c4ccccc34)C(c3cc4[nH]c5c(c4cc3OC)CCN3CC4CC(CC)C3[C@@]5(C(=O)OC)C4)CC1C2C(=O)OC. The Morgan fingerprint density at radius 2 is 1.85 bits per heavy atom. The standard InChI is InChI=1S/C43H52N4O5/c1-7-24-15-23-20-43(42(49)52-6)39-27(13-14-47(21-23)40(24)43)29-19-36(50-4)30(17-34(29)45-39)31-16-28-25(8-2)22-46(3)35(37(28)41(48)51-5)18-32-26-11-9-10-12-33(26)44-38(31)32/h8-12,17,19,23-24,28,31,35,37,40,44-45H,7,13-16,18,20-22H2,1-6H3/b25-8+/t23?,24?,28?,31?,35?,37?,40?,43-/m1/s1. The molecule has 274 valence electrons. The predicted octanol–water partition coefficient (Wildman–Crippen LogP) is 6.49. The average Bonchev–Trinajstić information content (AvgIpc) is 3.69. The molecule has 4 aromatic rings. The molecule has 52 heavy (non-hydrogen) atoms. The normalized spacial score (nSPS) is 33.2. The third kappa shape index (κ3) is 4.67. The van der Waals surface area contributed by atoms with Crippen molar-refractivity contribution in [3.8, 4) is 5.75 Å². The Hall–Kier alpha value is -4.08. The molecule has 9 nitrogen and oxygen atoms in total. The van der Waals surface area contributed by atoms with Gasteiger partial charge in [-0.25, -0.2) is 0 Å². The molecule has 6 bridgehead atoms. The van der Waals surface area contributed by atoms with Gasteiger partial charge in [0.05, 0.1) is 27.2 Å². The molecule has 4 aliphatic heterocycles. The largest absolute Gasteiger partial charge is 0.496 e. The van der Waals surface area contributed by atoms with Crippen molar-refractivity contribution in [1.82, 2.24) is 19.8 Å². The van der Waals surface area contributed by atoms with Crippen LogP contribution >= 0.6 is 0 Å². The number of allylic oxidation sites excluding steroid dienone is 1. The number of carbonyl (C=O) groups is 2. The Bertz CT molecular complexity index is 2110. The Morgan fingerprint density at radius 1 is 1.02 bits per heavy atom. The number of para-hydroxylation sites is 1. The van der Waals surface area contributed by atoms with E-state index in [0.717, 1.165) is 85.2 Å². The first-order chi connectivity index (χ1) is 25.3. The van der Waals surface area contributed by atoms with Gasteiger partial charge in [-0.15, -0.1) is 0 Å². The van der Waals surface area contributed by atoms with Crippen molar-refractivity contribution in [2.75, 3.05) is 48.0 Å². The predicted molar refractivity (Wildman–Crippen MR) is 202 cm³/mol. The van der Waals surface area contributed by atoms with Gasteiger partial charge in [-0.1, -0.05) is 43.2 Å². The Balaban J connectivity index is 1.27. The van der Waals surface area contributed by atoms with Gasteiger partial charge >= 0.3 is 11.9 Å². The molecule has 1 saturated carbocycles. The third-order valence-corrected chi connectivity index (χ3v) is 14.1. The molecule has 0 radical (unpaired) electrons. The van der Waals surface area contributed by atoms with Crippen LogP contribution in [0, 0.1) is 23.7 Å². The second kappa shape index (κ2) is 12.5. The number of fused-ring (bicyclic) bond motifs is 9. The summed E-state index contributed by atoms with van der Waals surface area (Å²) in [5.74, 6) is 1.11. The van der Waals surface area contributed by atoms with E-state index in [1.165, 1.54) is 41.3 Å². The monoisotopic (exact) mass is 704 g/mol. The van der Waals surface area contributed by atoms with Gasteiger partial charge in [0.25, 0.3) is 0 Å². The summed E-state index contributed by atoms with van der Waals surface area (Å²) in [5.41, 5.74) is 8.48. The van der Waals surface area contributed by atoms with Crippen LogP contribution in [-0.4, -0.2) is 91.8 Å². The lowest BCUT2D eigenvalue weighted by Gasteiger charge is -2.57. The molecule has 0 amide bonds. The van der Waals surface area contributed by atoms with Crippen molar-refractivity contribution < 1.29 is 23.8 Å². The molecule has 4 fully saturated rings. The fourth-order valence-corrected chi connectivity index (χ4v) is 12.1. The van der Waals surface area contributed by atoms with E-state index in [1.807, 2.05) is 0 Å². The summed E-state index contributed by atoms with van der Waals surface area (Å²) in [5, 5.41) is 2.32. The zero-order chi connectivity index (χ0) is 36.1. The van der Waals surface area contributed by atoms with E-state index in [1.54, 1.807) is 14.2 Å². The van der Waals surface area contributed by atoms with Gasteiger partial charge < -0.3 is 24.2 Å². The van der Waals surface area contributed by atoms with Crippen LogP contribution in [0.1, 0.15) is 73.5 Å². The molecule has 10 rings (SSSR count). The van der Waals surface area contributed by atoms with Crippen molar-refractivity contribution in [3.63, 3.8) is 0 Å². The van der Waals surface area contributed by atoms with Gasteiger partial charge in [-0.3, -0.25) is 19.4 Å². The maximum Gasteiger partial charge on any atom is 0.319 e. The second-order valence-corrected chi connectivity index (χ2v) is 16.3. The fourth-order valence-electron chi connectivity index (χ4n) is 12.1. The summed E-state index contributed by atoms with van der Waals surface area (Å²) >= 11 is 0. The number of nitrogens with one attached hydrogen (secondary N) is 2. The van der Waals surface area contributed by atoms with E-state index in [0.29, 0.717) is 11.8 Å². The summed E-state index contributed by atoms with van der Waals surface area (Å²) in [7, 11) is 6.99. The van der Waals surface area contributed by atoms with Crippen LogP contribution in [-0.2, 0) is 37.3 Å². The molecular weight excluding hydrogens is 652 g/mol. The number of aromatic amines is 2. The highest BCUT2D eigenvalue weighted by Crippen LogP contribution is 2.56. The number of hydrogen-bond donors (Lipinski definition) is 2. The van der Waals surface area contributed by atoms with Crippen molar-refractivity contribution in [3.05, 3.63) is 76.1 Å². The summed E-state index contributed by atoms with van der Waals surface area (Å²) in [4.78, 5) is 40.8. The first kappa shape index (κ1) is 33.7.